The normalized spacial score (nSPS) is 16.7. The Hall–Kier alpha value is -1.07. The van der Waals surface area contributed by atoms with Crippen molar-refractivity contribution >= 4 is 17.7 Å². The lowest BCUT2D eigenvalue weighted by molar-refractivity contribution is 0.0695. The molecule has 1 saturated heterocycles. The van der Waals surface area contributed by atoms with Gasteiger partial charge in [-0.25, -0.2) is 9.18 Å². The average molecular weight is 270 g/mol. The summed E-state index contributed by atoms with van der Waals surface area (Å²) in [5.41, 5.74) is 0.745. The summed E-state index contributed by atoms with van der Waals surface area (Å²) < 4.78 is 18.3. The van der Waals surface area contributed by atoms with Gasteiger partial charge in [0, 0.05) is 24.2 Å². The Kier molecular flexibility index (Phi) is 4.60. The topological polar surface area (TPSA) is 46.5 Å². The molecule has 1 aliphatic rings. The molecule has 0 unspecified atom stereocenters. The van der Waals surface area contributed by atoms with Gasteiger partial charge in [-0.05, 0) is 30.5 Å². The Morgan fingerprint density at radius 1 is 1.44 bits per heavy atom. The number of carbonyl (C=O) groups is 1. The van der Waals surface area contributed by atoms with Crippen molar-refractivity contribution < 1.29 is 19.0 Å². The Morgan fingerprint density at radius 3 is 2.83 bits per heavy atom. The Bertz CT molecular complexity index is 430. The van der Waals surface area contributed by atoms with Crippen molar-refractivity contribution in [1.82, 2.24) is 0 Å². The molecule has 0 saturated carbocycles. The molecule has 0 amide bonds. The largest absolute Gasteiger partial charge is 0.478 e. The van der Waals surface area contributed by atoms with Gasteiger partial charge in [0.2, 0.25) is 0 Å². The minimum atomic E-state index is -1.07. The predicted octanol–water partition coefficient (Wildman–Crippen LogP) is 2.94. The highest BCUT2D eigenvalue weighted by Crippen LogP contribution is 2.27. The molecular formula is C13H15FO3S. The number of hydrogen-bond acceptors (Lipinski definition) is 3. The first kappa shape index (κ1) is 13.4. The Labute approximate surface area is 109 Å². The molecule has 0 atom stereocenters. The van der Waals surface area contributed by atoms with Gasteiger partial charge in [0.1, 0.15) is 5.82 Å². The van der Waals surface area contributed by atoms with Crippen LogP contribution >= 0.6 is 11.8 Å². The zero-order valence-electron chi connectivity index (χ0n) is 9.89. The molecule has 1 aromatic rings. The van der Waals surface area contributed by atoms with E-state index < -0.39 is 11.8 Å². The first-order valence-electron chi connectivity index (χ1n) is 5.88. The summed E-state index contributed by atoms with van der Waals surface area (Å²) in [6.45, 7) is 1.54. The van der Waals surface area contributed by atoms with E-state index in [1.165, 1.54) is 6.07 Å². The summed E-state index contributed by atoms with van der Waals surface area (Å²) in [6.07, 6.45) is 1.99. The van der Waals surface area contributed by atoms with Crippen LogP contribution in [0.25, 0.3) is 0 Å². The predicted molar refractivity (Wildman–Crippen MR) is 68.5 cm³/mol. The van der Waals surface area contributed by atoms with Gasteiger partial charge in [0.15, 0.2) is 0 Å². The van der Waals surface area contributed by atoms with Gasteiger partial charge in [0.25, 0.3) is 0 Å². The van der Waals surface area contributed by atoms with Gasteiger partial charge in [-0.1, -0.05) is 6.07 Å². The molecule has 1 heterocycles. The highest BCUT2D eigenvalue weighted by molar-refractivity contribution is 7.99. The number of aromatic carboxylic acids is 1. The van der Waals surface area contributed by atoms with Crippen LogP contribution in [0.3, 0.4) is 0 Å². The molecule has 18 heavy (non-hydrogen) atoms. The molecule has 0 spiro atoms. The maximum Gasteiger partial charge on any atom is 0.336 e. The van der Waals surface area contributed by atoms with E-state index in [2.05, 4.69) is 0 Å². The molecule has 0 aromatic heterocycles. The first-order chi connectivity index (χ1) is 8.66. The summed E-state index contributed by atoms with van der Waals surface area (Å²) in [7, 11) is 0. The van der Waals surface area contributed by atoms with Gasteiger partial charge in [-0.15, -0.1) is 0 Å². The van der Waals surface area contributed by atoms with Crippen molar-refractivity contribution in [2.45, 2.75) is 23.8 Å². The molecule has 1 N–H and O–H groups in total. The minimum absolute atomic E-state index is 0.0644. The Morgan fingerprint density at radius 2 is 2.17 bits per heavy atom. The number of carboxylic acid groups (broad SMARTS) is 1. The molecule has 98 valence electrons. The fourth-order valence-corrected chi connectivity index (χ4v) is 3.12. The van der Waals surface area contributed by atoms with Crippen molar-refractivity contribution in [2.24, 2.45) is 0 Å². The molecule has 1 aliphatic heterocycles. The number of carboxylic acids is 1. The van der Waals surface area contributed by atoms with E-state index in [1.807, 2.05) is 0 Å². The second-order valence-corrected chi connectivity index (χ2v) is 5.52. The van der Waals surface area contributed by atoms with Crippen molar-refractivity contribution in [3.63, 3.8) is 0 Å². The Balaban J connectivity index is 2.01. The molecular weight excluding hydrogens is 255 g/mol. The minimum Gasteiger partial charge on any atom is -0.478 e. The van der Waals surface area contributed by atoms with E-state index in [-0.39, 0.29) is 5.56 Å². The summed E-state index contributed by atoms with van der Waals surface area (Å²) in [4.78, 5) is 11.0. The van der Waals surface area contributed by atoms with Crippen LogP contribution in [0.15, 0.2) is 18.2 Å². The lowest BCUT2D eigenvalue weighted by Gasteiger charge is -2.21. The summed E-state index contributed by atoms with van der Waals surface area (Å²) in [6, 6.07) is 3.96. The maximum absolute atomic E-state index is 13.0. The third kappa shape index (κ3) is 3.46. The van der Waals surface area contributed by atoms with Crippen LogP contribution in [0.5, 0.6) is 0 Å². The first-order valence-corrected chi connectivity index (χ1v) is 6.93. The molecule has 5 heteroatoms. The van der Waals surface area contributed by atoms with E-state index in [1.54, 1.807) is 17.8 Å². The molecule has 0 bridgehead atoms. The van der Waals surface area contributed by atoms with Gasteiger partial charge in [0.05, 0.1) is 5.56 Å². The number of halogens is 1. The second kappa shape index (κ2) is 6.20. The quantitative estimate of drug-likeness (QED) is 0.913. The lowest BCUT2D eigenvalue weighted by atomic mass is 10.1. The van der Waals surface area contributed by atoms with Crippen LogP contribution in [0.1, 0.15) is 28.8 Å². The molecule has 0 aliphatic carbocycles. The van der Waals surface area contributed by atoms with Crippen molar-refractivity contribution in [2.75, 3.05) is 13.2 Å². The van der Waals surface area contributed by atoms with Crippen molar-refractivity contribution in [3.8, 4) is 0 Å². The van der Waals surface area contributed by atoms with Gasteiger partial charge < -0.3 is 9.84 Å². The van der Waals surface area contributed by atoms with E-state index in [0.29, 0.717) is 16.6 Å². The van der Waals surface area contributed by atoms with Crippen LogP contribution in [0.4, 0.5) is 4.39 Å². The van der Waals surface area contributed by atoms with Crippen LogP contribution in [-0.2, 0) is 10.5 Å². The number of rotatable bonds is 4. The molecule has 0 radical (unpaired) electrons. The standard InChI is InChI=1S/C13H15FO3S/c14-10-2-1-9(12(7-10)13(15)16)8-18-11-3-5-17-6-4-11/h1-2,7,11H,3-6,8H2,(H,15,16). The fourth-order valence-electron chi connectivity index (χ4n) is 1.92. The van der Waals surface area contributed by atoms with E-state index in [4.69, 9.17) is 9.84 Å². The third-order valence-corrected chi connectivity index (χ3v) is 4.37. The summed E-state index contributed by atoms with van der Waals surface area (Å²) in [5.74, 6) is -0.976. The number of hydrogen-bond donors (Lipinski definition) is 1. The van der Waals surface area contributed by atoms with Gasteiger partial charge in [-0.3, -0.25) is 0 Å². The monoisotopic (exact) mass is 270 g/mol. The third-order valence-electron chi connectivity index (χ3n) is 2.95. The van der Waals surface area contributed by atoms with E-state index in [0.717, 1.165) is 32.1 Å². The van der Waals surface area contributed by atoms with Crippen molar-refractivity contribution in [3.05, 3.63) is 35.1 Å². The van der Waals surface area contributed by atoms with Gasteiger partial charge in [-0.2, -0.15) is 11.8 Å². The average Bonchev–Trinajstić information content (AvgIpc) is 2.38. The van der Waals surface area contributed by atoms with Crippen molar-refractivity contribution in [1.29, 1.82) is 0 Å². The molecule has 1 aromatic carbocycles. The molecule has 1 fully saturated rings. The molecule has 3 nitrogen and oxygen atoms in total. The summed E-state index contributed by atoms with van der Waals surface area (Å²) >= 11 is 1.72. The van der Waals surface area contributed by atoms with Gasteiger partial charge >= 0.3 is 5.97 Å². The zero-order chi connectivity index (χ0) is 13.0. The maximum atomic E-state index is 13.0. The number of thioether (sulfide) groups is 1. The van der Waals surface area contributed by atoms with Crippen LogP contribution in [0, 0.1) is 5.82 Å². The summed E-state index contributed by atoms with van der Waals surface area (Å²) in [5, 5.41) is 9.54. The second-order valence-electron chi connectivity index (χ2n) is 4.23. The number of ether oxygens (including phenoxy) is 1. The van der Waals surface area contributed by atoms with Crippen LogP contribution in [-0.4, -0.2) is 29.5 Å². The zero-order valence-corrected chi connectivity index (χ0v) is 10.7. The van der Waals surface area contributed by atoms with E-state index >= 15 is 0 Å². The molecule has 2 rings (SSSR count). The number of benzene rings is 1. The lowest BCUT2D eigenvalue weighted by Crippen LogP contribution is -2.17. The highest BCUT2D eigenvalue weighted by atomic mass is 32.2. The van der Waals surface area contributed by atoms with E-state index in [9.17, 15) is 9.18 Å². The fraction of sp³-hybridized carbons (Fsp3) is 0.462. The highest BCUT2D eigenvalue weighted by Gasteiger charge is 2.16. The van der Waals surface area contributed by atoms with Crippen LogP contribution < -0.4 is 0 Å². The SMILES string of the molecule is O=C(O)c1cc(F)ccc1CSC1CCOCC1. The smallest absolute Gasteiger partial charge is 0.336 e. The van der Waals surface area contributed by atoms with Crippen LogP contribution in [0.2, 0.25) is 0 Å².